The first-order valence-electron chi connectivity index (χ1n) is 9.62. The lowest BCUT2D eigenvalue weighted by atomic mass is 10.1. The summed E-state index contributed by atoms with van der Waals surface area (Å²) >= 11 is 0. The summed E-state index contributed by atoms with van der Waals surface area (Å²) in [7, 11) is 0. The number of benzene rings is 1. The maximum absolute atomic E-state index is 13.3. The molecule has 5 rings (SSSR count). The van der Waals surface area contributed by atoms with Gasteiger partial charge in [-0.2, -0.15) is 5.10 Å². The Balaban J connectivity index is 1.31. The van der Waals surface area contributed by atoms with Gasteiger partial charge in [0, 0.05) is 54.6 Å². The first-order chi connectivity index (χ1) is 14.3. The molecule has 4 heterocycles. The quantitative estimate of drug-likeness (QED) is 0.548. The Morgan fingerprint density at radius 2 is 2.00 bits per heavy atom. The van der Waals surface area contributed by atoms with Crippen molar-refractivity contribution in [2.75, 3.05) is 0 Å². The zero-order valence-electron chi connectivity index (χ0n) is 15.7. The van der Waals surface area contributed by atoms with Crippen LogP contribution >= 0.6 is 0 Å². The molecule has 1 aliphatic heterocycles. The Hall–Kier alpha value is -3.39. The van der Waals surface area contributed by atoms with Crippen molar-refractivity contribution in [1.29, 1.82) is 0 Å². The number of hydrogen-bond donors (Lipinski definition) is 2. The number of aryl methyl sites for hydroxylation is 1. The van der Waals surface area contributed by atoms with Crippen LogP contribution in [0.3, 0.4) is 0 Å². The van der Waals surface area contributed by atoms with Crippen LogP contribution in [0.1, 0.15) is 17.8 Å². The van der Waals surface area contributed by atoms with Crippen molar-refractivity contribution in [3.05, 3.63) is 72.2 Å². The van der Waals surface area contributed by atoms with E-state index in [1.54, 1.807) is 18.3 Å². The van der Waals surface area contributed by atoms with E-state index >= 15 is 0 Å². The third kappa shape index (κ3) is 3.54. The Labute approximate surface area is 167 Å². The molecule has 0 unspecified atom stereocenters. The Morgan fingerprint density at radius 3 is 2.83 bits per heavy atom. The van der Waals surface area contributed by atoms with Gasteiger partial charge in [-0.05, 0) is 42.8 Å². The maximum Gasteiger partial charge on any atom is 0.164 e. The highest BCUT2D eigenvalue weighted by Gasteiger charge is 2.23. The van der Waals surface area contributed by atoms with Crippen molar-refractivity contribution in [3.63, 3.8) is 0 Å². The van der Waals surface area contributed by atoms with E-state index in [1.165, 1.54) is 12.1 Å². The molecule has 0 bridgehead atoms. The van der Waals surface area contributed by atoms with Crippen molar-refractivity contribution in [2.24, 2.45) is 0 Å². The molecule has 1 aromatic carbocycles. The van der Waals surface area contributed by atoms with Gasteiger partial charge in [0.15, 0.2) is 5.82 Å². The Bertz CT molecular complexity index is 1100. The molecule has 3 aromatic heterocycles. The van der Waals surface area contributed by atoms with Crippen LogP contribution in [0.4, 0.5) is 4.39 Å². The molecule has 8 heteroatoms. The van der Waals surface area contributed by atoms with Gasteiger partial charge in [-0.15, -0.1) is 10.2 Å². The van der Waals surface area contributed by atoms with Crippen LogP contribution < -0.4 is 5.32 Å². The summed E-state index contributed by atoms with van der Waals surface area (Å²) in [6.07, 6.45) is 7.28. The van der Waals surface area contributed by atoms with Gasteiger partial charge in [-0.3, -0.25) is 10.1 Å². The number of aromatic amines is 1. The number of H-pyrrole nitrogens is 1. The SMILES string of the molecule is Fc1ccc(-c2nnc3n2C[C@H](NCc2cn[nH]c2-c2cccnc2)CC3)cc1. The molecule has 0 amide bonds. The van der Waals surface area contributed by atoms with Crippen molar-refractivity contribution in [3.8, 4) is 22.6 Å². The first-order valence-corrected chi connectivity index (χ1v) is 9.62. The van der Waals surface area contributed by atoms with Crippen molar-refractivity contribution in [1.82, 2.24) is 35.3 Å². The van der Waals surface area contributed by atoms with Crippen LogP contribution in [0.15, 0.2) is 55.0 Å². The van der Waals surface area contributed by atoms with E-state index in [0.717, 1.165) is 53.4 Å². The molecule has 7 nitrogen and oxygen atoms in total. The summed E-state index contributed by atoms with van der Waals surface area (Å²) < 4.78 is 15.4. The number of pyridine rings is 1. The molecule has 146 valence electrons. The van der Waals surface area contributed by atoms with Crippen LogP contribution in [0.2, 0.25) is 0 Å². The zero-order valence-corrected chi connectivity index (χ0v) is 15.7. The molecule has 1 aliphatic rings. The molecule has 29 heavy (non-hydrogen) atoms. The van der Waals surface area contributed by atoms with Crippen LogP contribution in [0, 0.1) is 5.82 Å². The summed E-state index contributed by atoms with van der Waals surface area (Å²) in [6.45, 7) is 1.48. The predicted molar refractivity (Wildman–Crippen MR) is 106 cm³/mol. The monoisotopic (exact) mass is 389 g/mol. The lowest BCUT2D eigenvalue weighted by molar-refractivity contribution is 0.381. The van der Waals surface area contributed by atoms with E-state index in [-0.39, 0.29) is 11.9 Å². The standard InChI is InChI=1S/C21H20FN7/c22-17-5-3-14(4-6-17)21-28-26-19-8-7-18(13-29(19)21)24-11-16-12-25-27-20(16)15-2-1-9-23-10-15/h1-6,9-10,12,18,24H,7-8,11,13H2,(H,25,27)/t18-/m1/s1. The van der Waals surface area contributed by atoms with Gasteiger partial charge in [0.1, 0.15) is 11.6 Å². The number of rotatable bonds is 5. The highest BCUT2D eigenvalue weighted by atomic mass is 19.1. The lowest BCUT2D eigenvalue weighted by Crippen LogP contribution is -2.37. The summed E-state index contributed by atoms with van der Waals surface area (Å²) in [4.78, 5) is 4.19. The molecule has 1 atom stereocenters. The van der Waals surface area contributed by atoms with Gasteiger partial charge in [-0.1, -0.05) is 0 Å². The average Bonchev–Trinajstić information content (AvgIpc) is 3.40. The predicted octanol–water partition coefficient (Wildman–Crippen LogP) is 2.97. The summed E-state index contributed by atoms with van der Waals surface area (Å²) in [5.41, 5.74) is 3.98. The molecule has 0 saturated heterocycles. The second-order valence-corrected chi connectivity index (χ2v) is 7.19. The van der Waals surface area contributed by atoms with E-state index in [4.69, 9.17) is 0 Å². The molecular formula is C21H20FN7. The van der Waals surface area contributed by atoms with Crippen LogP contribution in [0.25, 0.3) is 22.6 Å². The molecule has 0 spiro atoms. The van der Waals surface area contributed by atoms with E-state index in [2.05, 4.69) is 35.3 Å². The summed E-state index contributed by atoms with van der Waals surface area (Å²) in [6, 6.07) is 10.6. The van der Waals surface area contributed by atoms with Crippen molar-refractivity contribution in [2.45, 2.75) is 32.0 Å². The minimum atomic E-state index is -0.254. The number of nitrogens with zero attached hydrogens (tertiary/aromatic N) is 5. The number of fused-ring (bicyclic) bond motifs is 1. The second kappa shape index (κ2) is 7.56. The van der Waals surface area contributed by atoms with Gasteiger partial charge in [0.2, 0.25) is 0 Å². The molecule has 0 saturated carbocycles. The second-order valence-electron chi connectivity index (χ2n) is 7.19. The fourth-order valence-corrected chi connectivity index (χ4v) is 3.77. The van der Waals surface area contributed by atoms with Crippen LogP contribution in [-0.4, -0.2) is 36.0 Å². The summed E-state index contributed by atoms with van der Waals surface area (Å²) in [5, 5.41) is 19.6. The molecular weight excluding hydrogens is 369 g/mol. The smallest absolute Gasteiger partial charge is 0.164 e. The van der Waals surface area contributed by atoms with Crippen molar-refractivity contribution < 1.29 is 4.39 Å². The van der Waals surface area contributed by atoms with Crippen LogP contribution in [0.5, 0.6) is 0 Å². The normalized spacial score (nSPS) is 16.0. The fraction of sp³-hybridized carbons (Fsp3) is 0.238. The molecule has 0 fully saturated rings. The van der Waals surface area contributed by atoms with Crippen LogP contribution in [-0.2, 0) is 19.5 Å². The topological polar surface area (TPSA) is 84.3 Å². The Kier molecular flexibility index (Phi) is 4.61. The van der Waals surface area contributed by atoms with Gasteiger partial charge in [-0.25, -0.2) is 4.39 Å². The third-order valence-electron chi connectivity index (χ3n) is 5.30. The van der Waals surface area contributed by atoms with E-state index in [9.17, 15) is 4.39 Å². The van der Waals surface area contributed by atoms with Gasteiger partial charge >= 0.3 is 0 Å². The molecule has 0 aliphatic carbocycles. The first kappa shape index (κ1) is 17.7. The van der Waals surface area contributed by atoms with E-state index in [1.807, 2.05) is 24.5 Å². The lowest BCUT2D eigenvalue weighted by Gasteiger charge is -2.25. The average molecular weight is 389 g/mol. The third-order valence-corrected chi connectivity index (χ3v) is 5.30. The Morgan fingerprint density at radius 1 is 1.10 bits per heavy atom. The maximum atomic E-state index is 13.3. The minimum Gasteiger partial charge on any atom is -0.309 e. The van der Waals surface area contributed by atoms with Gasteiger partial charge in [0.05, 0.1) is 11.9 Å². The van der Waals surface area contributed by atoms with Gasteiger partial charge < -0.3 is 9.88 Å². The van der Waals surface area contributed by atoms with E-state index in [0.29, 0.717) is 6.54 Å². The number of nitrogens with one attached hydrogen (secondary N) is 2. The fourth-order valence-electron chi connectivity index (χ4n) is 3.77. The van der Waals surface area contributed by atoms with Gasteiger partial charge in [0.25, 0.3) is 0 Å². The highest BCUT2D eigenvalue weighted by Crippen LogP contribution is 2.24. The molecule has 4 aromatic rings. The van der Waals surface area contributed by atoms with E-state index < -0.39 is 0 Å². The molecule has 0 radical (unpaired) electrons. The van der Waals surface area contributed by atoms with Crippen molar-refractivity contribution >= 4 is 0 Å². The largest absolute Gasteiger partial charge is 0.309 e. The number of halogens is 1. The summed E-state index contributed by atoms with van der Waals surface area (Å²) in [5.74, 6) is 1.50. The highest BCUT2D eigenvalue weighted by molar-refractivity contribution is 5.61. The molecule has 2 N–H and O–H groups in total. The minimum absolute atomic E-state index is 0.254. The number of aromatic nitrogens is 6. The zero-order chi connectivity index (χ0) is 19.6. The number of hydrogen-bond acceptors (Lipinski definition) is 5.